The van der Waals surface area contributed by atoms with Crippen molar-refractivity contribution in [1.29, 1.82) is 5.26 Å². The minimum Gasteiger partial charge on any atom is -0.468 e. The van der Waals surface area contributed by atoms with E-state index in [1.165, 1.54) is 19.2 Å². The van der Waals surface area contributed by atoms with Gasteiger partial charge in [-0.1, -0.05) is 6.07 Å². The smallest absolute Gasteiger partial charge is 0.319 e. The van der Waals surface area contributed by atoms with Crippen molar-refractivity contribution in [3.05, 3.63) is 35.1 Å². The molecule has 90 valence electrons. The Morgan fingerprint density at radius 2 is 2.29 bits per heavy atom. The van der Waals surface area contributed by atoms with Gasteiger partial charge in [0.25, 0.3) is 0 Å². The molecule has 0 saturated heterocycles. The Kier molecular flexibility index (Phi) is 4.61. The van der Waals surface area contributed by atoms with Crippen LogP contribution < -0.4 is 0 Å². The van der Waals surface area contributed by atoms with E-state index in [4.69, 9.17) is 5.26 Å². The van der Waals surface area contributed by atoms with Gasteiger partial charge in [0.15, 0.2) is 0 Å². The third-order valence-corrected chi connectivity index (χ3v) is 2.26. The van der Waals surface area contributed by atoms with Gasteiger partial charge in [-0.25, -0.2) is 4.39 Å². The van der Waals surface area contributed by atoms with Crippen LogP contribution in [0.25, 0.3) is 0 Å². The Balaban J connectivity index is 2.75. The van der Waals surface area contributed by atoms with E-state index in [1.807, 2.05) is 6.07 Å². The highest BCUT2D eigenvalue weighted by atomic mass is 19.1. The molecule has 0 amide bonds. The first-order chi connectivity index (χ1) is 8.06. The zero-order valence-electron chi connectivity index (χ0n) is 9.74. The van der Waals surface area contributed by atoms with Crippen LogP contribution in [0.1, 0.15) is 11.1 Å². The zero-order valence-corrected chi connectivity index (χ0v) is 9.74. The Morgan fingerprint density at radius 1 is 1.59 bits per heavy atom. The largest absolute Gasteiger partial charge is 0.468 e. The highest BCUT2D eigenvalue weighted by Crippen LogP contribution is 2.12. The molecular formula is C12H13FN2O2. The number of nitrogens with zero attached hydrogens (tertiary/aromatic N) is 2. The Labute approximate surface area is 99.2 Å². The summed E-state index contributed by atoms with van der Waals surface area (Å²) >= 11 is 0. The average molecular weight is 236 g/mol. The second-order valence-electron chi connectivity index (χ2n) is 3.66. The van der Waals surface area contributed by atoms with Gasteiger partial charge in [0.1, 0.15) is 5.82 Å². The fourth-order valence-corrected chi connectivity index (χ4v) is 1.42. The van der Waals surface area contributed by atoms with Gasteiger partial charge >= 0.3 is 5.97 Å². The molecule has 1 aromatic rings. The lowest BCUT2D eigenvalue weighted by molar-refractivity contribution is -0.141. The Bertz CT molecular complexity index is 454. The van der Waals surface area contributed by atoms with Crippen LogP contribution in [0, 0.1) is 17.1 Å². The molecule has 0 heterocycles. The molecule has 0 aliphatic rings. The highest BCUT2D eigenvalue weighted by Gasteiger charge is 2.10. The highest BCUT2D eigenvalue weighted by molar-refractivity contribution is 5.71. The summed E-state index contributed by atoms with van der Waals surface area (Å²) in [6, 6.07) is 5.95. The number of esters is 1. The molecule has 5 heteroatoms. The van der Waals surface area contributed by atoms with Crippen LogP contribution in [0.15, 0.2) is 18.2 Å². The zero-order chi connectivity index (χ0) is 12.8. The summed E-state index contributed by atoms with van der Waals surface area (Å²) in [5.41, 5.74) is 0.960. The van der Waals surface area contributed by atoms with Crippen molar-refractivity contribution in [2.45, 2.75) is 6.54 Å². The molecule has 0 unspecified atom stereocenters. The average Bonchev–Trinajstić information content (AvgIpc) is 2.31. The van der Waals surface area contributed by atoms with Crippen molar-refractivity contribution in [3.8, 4) is 6.07 Å². The molecule has 0 spiro atoms. The normalized spacial score (nSPS) is 10.1. The van der Waals surface area contributed by atoms with E-state index in [-0.39, 0.29) is 18.1 Å². The van der Waals surface area contributed by atoms with E-state index in [0.717, 1.165) is 0 Å². The SMILES string of the molecule is COC(=O)CN(C)Cc1ccc(F)cc1C#N. The standard InChI is InChI=1S/C12H13FN2O2/c1-15(8-12(16)17-2)7-9-3-4-11(13)5-10(9)6-14/h3-5H,7-8H2,1-2H3. The fourth-order valence-electron chi connectivity index (χ4n) is 1.42. The summed E-state index contributed by atoms with van der Waals surface area (Å²) in [6.07, 6.45) is 0. The maximum absolute atomic E-state index is 12.9. The summed E-state index contributed by atoms with van der Waals surface area (Å²) in [4.78, 5) is 12.7. The van der Waals surface area contributed by atoms with Crippen molar-refractivity contribution in [3.63, 3.8) is 0 Å². The molecule has 1 rings (SSSR count). The first kappa shape index (κ1) is 13.1. The number of halogens is 1. The van der Waals surface area contributed by atoms with Crippen molar-refractivity contribution in [2.24, 2.45) is 0 Å². The van der Waals surface area contributed by atoms with Crippen LogP contribution in [0.3, 0.4) is 0 Å². The molecule has 0 atom stereocenters. The number of likely N-dealkylation sites (N-methyl/N-ethyl adjacent to an activating group) is 1. The van der Waals surface area contributed by atoms with Gasteiger partial charge in [-0.15, -0.1) is 0 Å². The monoisotopic (exact) mass is 236 g/mol. The Morgan fingerprint density at radius 3 is 2.88 bits per heavy atom. The molecule has 0 saturated carbocycles. The molecule has 4 nitrogen and oxygen atoms in total. The summed E-state index contributed by atoms with van der Waals surface area (Å²) in [5.74, 6) is -0.797. The lowest BCUT2D eigenvalue weighted by Gasteiger charge is -2.15. The molecule has 17 heavy (non-hydrogen) atoms. The van der Waals surface area contributed by atoms with E-state index in [9.17, 15) is 9.18 Å². The molecular weight excluding hydrogens is 223 g/mol. The number of hydrogen-bond donors (Lipinski definition) is 0. The maximum Gasteiger partial charge on any atom is 0.319 e. The number of carbonyl (C=O) groups is 1. The Hall–Kier alpha value is -1.93. The van der Waals surface area contributed by atoms with E-state index in [2.05, 4.69) is 4.74 Å². The topological polar surface area (TPSA) is 53.3 Å². The fraction of sp³-hybridized carbons (Fsp3) is 0.333. The van der Waals surface area contributed by atoms with E-state index in [0.29, 0.717) is 12.1 Å². The van der Waals surface area contributed by atoms with Gasteiger partial charge in [-0.3, -0.25) is 9.69 Å². The lowest BCUT2D eigenvalue weighted by atomic mass is 10.1. The van der Waals surface area contributed by atoms with Crippen LogP contribution in [0.4, 0.5) is 4.39 Å². The van der Waals surface area contributed by atoms with Gasteiger partial charge < -0.3 is 4.74 Å². The second kappa shape index (κ2) is 5.97. The van der Waals surface area contributed by atoms with E-state index >= 15 is 0 Å². The number of benzene rings is 1. The van der Waals surface area contributed by atoms with Gasteiger partial charge in [0.2, 0.25) is 0 Å². The molecule has 0 N–H and O–H groups in total. The van der Waals surface area contributed by atoms with Gasteiger partial charge in [0.05, 0.1) is 25.3 Å². The van der Waals surface area contributed by atoms with Crippen molar-refractivity contribution in [2.75, 3.05) is 20.7 Å². The van der Waals surface area contributed by atoms with Gasteiger partial charge in [-0.2, -0.15) is 5.26 Å². The van der Waals surface area contributed by atoms with Crippen LogP contribution in [-0.2, 0) is 16.1 Å². The predicted octanol–water partition coefficient (Wildman–Crippen LogP) is 1.30. The first-order valence-corrected chi connectivity index (χ1v) is 5.00. The summed E-state index contributed by atoms with van der Waals surface area (Å²) in [5, 5.41) is 8.86. The minimum absolute atomic E-state index is 0.124. The summed E-state index contributed by atoms with van der Waals surface area (Å²) in [6.45, 7) is 0.511. The lowest BCUT2D eigenvalue weighted by Crippen LogP contribution is -2.26. The summed E-state index contributed by atoms with van der Waals surface area (Å²) < 4.78 is 17.4. The number of rotatable bonds is 4. The van der Waals surface area contributed by atoms with Crippen molar-refractivity contribution < 1.29 is 13.9 Å². The van der Waals surface area contributed by atoms with Crippen LogP contribution in [0.5, 0.6) is 0 Å². The predicted molar refractivity (Wildman–Crippen MR) is 59.5 cm³/mol. The van der Waals surface area contributed by atoms with Crippen LogP contribution in [0.2, 0.25) is 0 Å². The molecule has 0 bridgehead atoms. The quantitative estimate of drug-likeness (QED) is 0.739. The molecule has 1 aromatic carbocycles. The number of ether oxygens (including phenoxy) is 1. The summed E-state index contributed by atoms with van der Waals surface area (Å²) in [7, 11) is 3.04. The number of methoxy groups -OCH3 is 1. The second-order valence-corrected chi connectivity index (χ2v) is 3.66. The van der Waals surface area contributed by atoms with Crippen molar-refractivity contribution in [1.82, 2.24) is 4.90 Å². The number of hydrogen-bond acceptors (Lipinski definition) is 4. The third kappa shape index (κ3) is 3.85. The minimum atomic E-state index is -0.444. The molecule has 0 aromatic heterocycles. The van der Waals surface area contributed by atoms with Crippen LogP contribution >= 0.6 is 0 Å². The number of nitriles is 1. The number of carbonyl (C=O) groups excluding carboxylic acids is 1. The van der Waals surface area contributed by atoms with Gasteiger partial charge in [-0.05, 0) is 24.7 Å². The van der Waals surface area contributed by atoms with Crippen molar-refractivity contribution >= 4 is 5.97 Å². The third-order valence-electron chi connectivity index (χ3n) is 2.26. The van der Waals surface area contributed by atoms with Gasteiger partial charge in [0, 0.05) is 6.54 Å². The first-order valence-electron chi connectivity index (χ1n) is 5.00. The maximum atomic E-state index is 12.9. The molecule has 0 fully saturated rings. The van der Waals surface area contributed by atoms with E-state index in [1.54, 1.807) is 18.0 Å². The molecule has 0 aliphatic heterocycles. The molecule has 0 aliphatic carbocycles. The van der Waals surface area contributed by atoms with E-state index < -0.39 is 5.82 Å². The van der Waals surface area contributed by atoms with Crippen LogP contribution in [-0.4, -0.2) is 31.6 Å². The molecule has 0 radical (unpaired) electrons.